The molecule has 1 saturated heterocycles. The number of nitrogens with zero attached hydrogens (tertiary/aromatic N) is 2. The molecule has 0 N–H and O–H groups in total. The largest absolute Gasteiger partial charge is 0.476 e. The number of amides is 1. The maximum absolute atomic E-state index is 13.3. The zero-order valence-corrected chi connectivity index (χ0v) is 16.1. The summed E-state index contributed by atoms with van der Waals surface area (Å²) in [5.74, 6) is 0.220. The molecule has 2 aliphatic heterocycles. The van der Waals surface area contributed by atoms with E-state index in [0.717, 1.165) is 12.8 Å². The molecular formula is C19H19ClN2O4S. The first-order chi connectivity index (χ1) is 13.0. The fourth-order valence-electron chi connectivity index (χ4n) is 3.43. The molecule has 2 heterocycles. The lowest BCUT2D eigenvalue weighted by Gasteiger charge is -2.36. The number of rotatable bonds is 3. The van der Waals surface area contributed by atoms with Crippen molar-refractivity contribution in [2.75, 3.05) is 23.9 Å². The van der Waals surface area contributed by atoms with Gasteiger partial charge in [-0.3, -0.25) is 9.10 Å². The van der Waals surface area contributed by atoms with Crippen molar-refractivity contribution < 1.29 is 17.9 Å². The van der Waals surface area contributed by atoms with E-state index >= 15 is 0 Å². The summed E-state index contributed by atoms with van der Waals surface area (Å²) in [5, 5.41) is 0.457. The molecule has 0 aliphatic carbocycles. The van der Waals surface area contributed by atoms with Crippen molar-refractivity contribution in [1.29, 1.82) is 0 Å². The highest BCUT2D eigenvalue weighted by Gasteiger charge is 2.39. The zero-order chi connectivity index (χ0) is 19.0. The van der Waals surface area contributed by atoms with Gasteiger partial charge in [0.2, 0.25) is 0 Å². The van der Waals surface area contributed by atoms with Crippen LogP contribution in [0.25, 0.3) is 0 Å². The topological polar surface area (TPSA) is 66.9 Å². The minimum absolute atomic E-state index is 0.0582. The number of anilines is 1. The molecule has 2 aromatic carbocycles. The maximum atomic E-state index is 13.3. The number of carbonyl (C=O) groups is 1. The van der Waals surface area contributed by atoms with Gasteiger partial charge in [-0.2, -0.15) is 0 Å². The van der Waals surface area contributed by atoms with Crippen LogP contribution in [-0.4, -0.2) is 45.0 Å². The molecule has 1 atom stereocenters. The van der Waals surface area contributed by atoms with Gasteiger partial charge >= 0.3 is 0 Å². The van der Waals surface area contributed by atoms with E-state index in [0.29, 0.717) is 29.5 Å². The maximum Gasteiger partial charge on any atom is 0.265 e. The molecule has 0 saturated carbocycles. The molecule has 1 fully saturated rings. The minimum atomic E-state index is -3.86. The molecule has 27 heavy (non-hydrogen) atoms. The number of sulfonamides is 1. The van der Waals surface area contributed by atoms with Crippen LogP contribution in [0.1, 0.15) is 12.8 Å². The number of likely N-dealkylation sites (tertiary alicyclic amines) is 1. The monoisotopic (exact) mass is 406 g/mol. The van der Waals surface area contributed by atoms with Crippen molar-refractivity contribution in [3.63, 3.8) is 0 Å². The van der Waals surface area contributed by atoms with Gasteiger partial charge in [0.1, 0.15) is 5.75 Å². The predicted octanol–water partition coefficient (Wildman–Crippen LogP) is 2.92. The summed E-state index contributed by atoms with van der Waals surface area (Å²) in [6, 6.07) is 12.9. The van der Waals surface area contributed by atoms with Crippen LogP contribution in [0, 0.1) is 0 Å². The molecule has 2 aliphatic rings. The van der Waals surface area contributed by atoms with Crippen LogP contribution in [0.4, 0.5) is 5.69 Å². The fourth-order valence-corrected chi connectivity index (χ4v) is 5.04. The summed E-state index contributed by atoms with van der Waals surface area (Å²) in [5.41, 5.74) is 0.429. The Morgan fingerprint density at radius 1 is 1.04 bits per heavy atom. The second-order valence-corrected chi connectivity index (χ2v) is 8.90. The van der Waals surface area contributed by atoms with Crippen LogP contribution in [0.15, 0.2) is 53.4 Å². The van der Waals surface area contributed by atoms with Crippen LogP contribution >= 0.6 is 11.6 Å². The van der Waals surface area contributed by atoms with Crippen molar-refractivity contribution in [3.05, 3.63) is 53.6 Å². The van der Waals surface area contributed by atoms with E-state index in [1.165, 1.54) is 28.6 Å². The van der Waals surface area contributed by atoms with E-state index in [-0.39, 0.29) is 17.3 Å². The molecule has 0 spiro atoms. The number of carbonyl (C=O) groups excluding carboxylic acids is 1. The number of halogens is 1. The summed E-state index contributed by atoms with van der Waals surface area (Å²) < 4.78 is 33.6. The molecule has 0 aromatic heterocycles. The number of hydrogen-bond donors (Lipinski definition) is 0. The first kappa shape index (κ1) is 18.1. The smallest absolute Gasteiger partial charge is 0.265 e. The average Bonchev–Trinajstić information content (AvgIpc) is 3.21. The van der Waals surface area contributed by atoms with Crippen LogP contribution < -0.4 is 9.04 Å². The molecule has 1 amide bonds. The number of benzene rings is 2. The summed E-state index contributed by atoms with van der Waals surface area (Å²) in [6.07, 6.45) is 1.06. The Hall–Kier alpha value is -2.25. The van der Waals surface area contributed by atoms with Crippen molar-refractivity contribution in [2.24, 2.45) is 0 Å². The van der Waals surface area contributed by atoms with Crippen LogP contribution in [0.5, 0.6) is 5.75 Å². The predicted molar refractivity (Wildman–Crippen MR) is 103 cm³/mol. The normalized spacial score (nSPS) is 19.5. The third-order valence-electron chi connectivity index (χ3n) is 4.83. The number of ether oxygens (including phenoxy) is 1. The van der Waals surface area contributed by atoms with Gasteiger partial charge < -0.3 is 9.64 Å². The third kappa shape index (κ3) is 3.37. The minimum Gasteiger partial charge on any atom is -0.476 e. The Morgan fingerprint density at radius 3 is 2.41 bits per heavy atom. The molecule has 142 valence electrons. The second-order valence-electron chi connectivity index (χ2n) is 6.60. The lowest BCUT2D eigenvalue weighted by atomic mass is 10.2. The van der Waals surface area contributed by atoms with Gasteiger partial charge in [-0.05, 0) is 49.2 Å². The quantitative estimate of drug-likeness (QED) is 0.786. The standard InChI is InChI=1S/C19H19ClN2O4S/c20-14-7-9-15(10-8-14)27(24,25)22-13-18(19(23)21-11-3-4-12-21)26-17-6-2-1-5-16(17)22/h1-2,5-10,18H,3-4,11-13H2/t18-/m1/s1. The van der Waals surface area contributed by atoms with E-state index in [9.17, 15) is 13.2 Å². The Morgan fingerprint density at radius 2 is 1.70 bits per heavy atom. The zero-order valence-electron chi connectivity index (χ0n) is 14.5. The Labute approximate surface area is 163 Å². The molecule has 2 aromatic rings. The van der Waals surface area contributed by atoms with Gasteiger partial charge in [0.25, 0.3) is 15.9 Å². The van der Waals surface area contributed by atoms with Gasteiger partial charge in [0, 0.05) is 18.1 Å². The van der Waals surface area contributed by atoms with Crippen molar-refractivity contribution in [1.82, 2.24) is 4.90 Å². The second kappa shape index (κ2) is 7.05. The molecule has 4 rings (SSSR count). The Kier molecular flexibility index (Phi) is 4.74. The van der Waals surface area contributed by atoms with Crippen LogP contribution in [0.3, 0.4) is 0 Å². The number of hydrogen-bond acceptors (Lipinski definition) is 4. The van der Waals surface area contributed by atoms with E-state index in [1.807, 2.05) is 0 Å². The van der Waals surface area contributed by atoms with Gasteiger partial charge in [0.15, 0.2) is 6.10 Å². The molecule has 8 heteroatoms. The first-order valence-electron chi connectivity index (χ1n) is 8.79. The summed E-state index contributed by atoms with van der Waals surface area (Å²) in [4.78, 5) is 14.7. The van der Waals surface area contributed by atoms with Crippen LogP contribution in [-0.2, 0) is 14.8 Å². The number of para-hydroxylation sites is 2. The fraction of sp³-hybridized carbons (Fsp3) is 0.316. The van der Waals surface area contributed by atoms with Gasteiger partial charge in [-0.1, -0.05) is 23.7 Å². The van der Waals surface area contributed by atoms with E-state index in [1.54, 1.807) is 29.2 Å². The SMILES string of the molecule is O=C([C@H]1CN(S(=O)(=O)c2ccc(Cl)cc2)c2ccccc2O1)N1CCCC1. The third-order valence-corrected chi connectivity index (χ3v) is 6.88. The van der Waals surface area contributed by atoms with E-state index < -0.39 is 16.1 Å². The van der Waals surface area contributed by atoms with Crippen molar-refractivity contribution >= 4 is 33.2 Å². The highest BCUT2D eigenvalue weighted by molar-refractivity contribution is 7.92. The van der Waals surface area contributed by atoms with Gasteiger partial charge in [-0.15, -0.1) is 0 Å². The summed E-state index contributed by atoms with van der Waals surface area (Å²) >= 11 is 5.89. The van der Waals surface area contributed by atoms with Gasteiger partial charge in [0.05, 0.1) is 17.1 Å². The Bertz CT molecular complexity index is 956. The van der Waals surface area contributed by atoms with E-state index in [4.69, 9.17) is 16.3 Å². The highest BCUT2D eigenvalue weighted by Crippen LogP contribution is 2.37. The lowest BCUT2D eigenvalue weighted by molar-refractivity contribution is -0.137. The molecule has 6 nitrogen and oxygen atoms in total. The molecule has 0 unspecified atom stereocenters. The highest BCUT2D eigenvalue weighted by atomic mass is 35.5. The first-order valence-corrected chi connectivity index (χ1v) is 10.6. The Balaban J connectivity index is 1.72. The van der Waals surface area contributed by atoms with E-state index in [2.05, 4.69) is 0 Å². The summed E-state index contributed by atoms with van der Waals surface area (Å²) in [6.45, 7) is 1.31. The lowest BCUT2D eigenvalue weighted by Crippen LogP contribution is -2.51. The van der Waals surface area contributed by atoms with Crippen molar-refractivity contribution in [3.8, 4) is 5.75 Å². The molecule has 0 radical (unpaired) electrons. The van der Waals surface area contributed by atoms with Gasteiger partial charge in [-0.25, -0.2) is 8.42 Å². The molecular weight excluding hydrogens is 388 g/mol. The molecule has 0 bridgehead atoms. The average molecular weight is 407 g/mol. The summed E-state index contributed by atoms with van der Waals surface area (Å²) in [7, 11) is -3.86. The number of fused-ring (bicyclic) bond motifs is 1. The van der Waals surface area contributed by atoms with Crippen molar-refractivity contribution in [2.45, 2.75) is 23.8 Å². The van der Waals surface area contributed by atoms with Crippen LogP contribution in [0.2, 0.25) is 5.02 Å².